The summed E-state index contributed by atoms with van der Waals surface area (Å²) < 4.78 is 26.4. The summed E-state index contributed by atoms with van der Waals surface area (Å²) in [4.78, 5) is 11.5. The molecule has 1 aromatic rings. The number of amides is 1. The number of hydrogen-bond acceptors (Lipinski definition) is 3. The number of halogens is 1. The minimum Gasteiger partial charge on any atom is -0.274 e. The second-order valence-electron chi connectivity index (χ2n) is 4.26. The summed E-state index contributed by atoms with van der Waals surface area (Å²) in [5.74, 6) is -0.284. The average molecular weight is 333 g/mol. The van der Waals surface area contributed by atoms with E-state index in [1.165, 1.54) is 18.6 Å². The van der Waals surface area contributed by atoms with Gasteiger partial charge < -0.3 is 0 Å². The van der Waals surface area contributed by atoms with Gasteiger partial charge in [0.05, 0.1) is 11.3 Å². The second-order valence-corrected chi connectivity index (χ2v) is 6.86. The van der Waals surface area contributed by atoms with E-state index in [9.17, 15) is 13.2 Å². The predicted octanol–water partition coefficient (Wildman–Crippen LogP) is 2.50. The summed E-state index contributed by atoms with van der Waals surface area (Å²) in [6.07, 6.45) is 1.89. The molecule has 1 rings (SSSR count). The Balaban J connectivity index is 2.74. The number of carbonyl (C=O) groups excluding carboxylic acids is 1. The molecular weight excluding hydrogens is 318 g/mol. The summed E-state index contributed by atoms with van der Waals surface area (Å²) in [5, 5.41) is 0. The van der Waals surface area contributed by atoms with Crippen LogP contribution >= 0.6 is 15.9 Å². The van der Waals surface area contributed by atoms with Crippen LogP contribution in [0.3, 0.4) is 0 Å². The minimum absolute atomic E-state index is 0.0585. The average Bonchev–Trinajstić information content (AvgIpc) is 2.26. The van der Waals surface area contributed by atoms with Gasteiger partial charge in [0.2, 0.25) is 5.91 Å². The molecule has 0 atom stereocenters. The van der Waals surface area contributed by atoms with Crippen LogP contribution in [-0.2, 0) is 14.8 Å². The Kier molecular flexibility index (Phi) is 5.34. The van der Waals surface area contributed by atoms with Crippen LogP contribution in [0.1, 0.15) is 20.3 Å². The quantitative estimate of drug-likeness (QED) is 0.900. The molecule has 0 aliphatic carbocycles. The van der Waals surface area contributed by atoms with Gasteiger partial charge in [-0.3, -0.25) is 4.79 Å². The first-order chi connectivity index (χ1) is 8.31. The standard InChI is InChI=1S/C12H15BrNO3S/c1-9(2)6-7-12(15)14-18(16,17)11-5-3-4-10(13)8-11/h3-5,7-9H,6H2,1-2H3,(H,14,15). The second kappa shape index (κ2) is 6.33. The van der Waals surface area contributed by atoms with Gasteiger partial charge in [0, 0.05) is 4.47 Å². The first kappa shape index (κ1) is 15.2. The Morgan fingerprint density at radius 1 is 1.44 bits per heavy atom. The monoisotopic (exact) mass is 332 g/mol. The van der Waals surface area contributed by atoms with Crippen molar-refractivity contribution in [1.29, 1.82) is 0 Å². The SMILES string of the molecule is CC(C)C[CH]C(=O)NS(=O)(=O)c1cccc(Br)c1. The van der Waals surface area contributed by atoms with E-state index >= 15 is 0 Å². The number of benzene rings is 1. The number of hydrogen-bond donors (Lipinski definition) is 1. The fourth-order valence-corrected chi connectivity index (χ4v) is 2.77. The maximum absolute atomic E-state index is 11.9. The van der Waals surface area contributed by atoms with Gasteiger partial charge in [-0.05, 0) is 30.5 Å². The molecule has 0 bridgehead atoms. The van der Waals surface area contributed by atoms with Gasteiger partial charge in [0.15, 0.2) is 0 Å². The Bertz CT molecular complexity index is 526. The van der Waals surface area contributed by atoms with Crippen molar-refractivity contribution in [3.63, 3.8) is 0 Å². The number of rotatable bonds is 5. The maximum atomic E-state index is 11.9. The van der Waals surface area contributed by atoms with Gasteiger partial charge in [-0.15, -0.1) is 0 Å². The molecular formula is C12H15BrNO3S. The molecule has 0 spiro atoms. The first-order valence-corrected chi connectivity index (χ1v) is 7.74. The van der Waals surface area contributed by atoms with Crippen molar-refractivity contribution >= 4 is 31.9 Å². The summed E-state index contributed by atoms with van der Waals surface area (Å²) in [5.41, 5.74) is 0. The molecule has 6 heteroatoms. The van der Waals surface area contributed by atoms with E-state index in [1.54, 1.807) is 12.1 Å². The molecule has 0 saturated carbocycles. The Morgan fingerprint density at radius 3 is 2.67 bits per heavy atom. The zero-order valence-electron chi connectivity index (χ0n) is 10.2. The molecule has 4 nitrogen and oxygen atoms in total. The van der Waals surface area contributed by atoms with Gasteiger partial charge in [0.25, 0.3) is 10.0 Å². The molecule has 1 N–H and O–H groups in total. The van der Waals surface area contributed by atoms with E-state index in [1.807, 2.05) is 18.6 Å². The van der Waals surface area contributed by atoms with Crippen LogP contribution in [-0.4, -0.2) is 14.3 Å². The highest BCUT2D eigenvalue weighted by atomic mass is 79.9. The fourth-order valence-electron chi connectivity index (χ4n) is 1.21. The van der Waals surface area contributed by atoms with Gasteiger partial charge in [-0.25, -0.2) is 13.1 Å². The summed E-state index contributed by atoms with van der Waals surface area (Å²) in [6, 6.07) is 6.19. The van der Waals surface area contributed by atoms with Crippen molar-refractivity contribution in [1.82, 2.24) is 4.72 Å². The molecule has 1 radical (unpaired) electrons. The van der Waals surface area contributed by atoms with Crippen molar-refractivity contribution in [3.05, 3.63) is 35.2 Å². The molecule has 1 amide bonds. The molecule has 18 heavy (non-hydrogen) atoms. The zero-order chi connectivity index (χ0) is 13.8. The van der Waals surface area contributed by atoms with Crippen molar-refractivity contribution in [3.8, 4) is 0 Å². The predicted molar refractivity (Wildman–Crippen MR) is 73.2 cm³/mol. The van der Waals surface area contributed by atoms with Crippen molar-refractivity contribution in [2.75, 3.05) is 0 Å². The van der Waals surface area contributed by atoms with E-state index in [0.29, 0.717) is 16.8 Å². The molecule has 99 valence electrons. The lowest BCUT2D eigenvalue weighted by atomic mass is 10.1. The zero-order valence-corrected chi connectivity index (χ0v) is 12.6. The van der Waals surface area contributed by atoms with Crippen LogP contribution in [0.25, 0.3) is 0 Å². The van der Waals surface area contributed by atoms with Gasteiger partial charge in [-0.2, -0.15) is 0 Å². The smallest absolute Gasteiger partial charge is 0.264 e. The topological polar surface area (TPSA) is 63.2 Å². The molecule has 0 saturated heterocycles. The molecule has 1 aromatic carbocycles. The van der Waals surface area contributed by atoms with E-state index < -0.39 is 15.9 Å². The van der Waals surface area contributed by atoms with Crippen molar-refractivity contribution in [2.45, 2.75) is 25.2 Å². The lowest BCUT2D eigenvalue weighted by molar-refractivity contribution is -0.116. The van der Waals surface area contributed by atoms with Gasteiger partial charge >= 0.3 is 0 Å². The normalized spacial score (nSPS) is 11.6. The van der Waals surface area contributed by atoms with Crippen LogP contribution < -0.4 is 4.72 Å². The first-order valence-electron chi connectivity index (χ1n) is 5.47. The fraction of sp³-hybridized carbons (Fsp3) is 0.333. The lowest BCUT2D eigenvalue weighted by Crippen LogP contribution is -2.30. The summed E-state index contributed by atoms with van der Waals surface area (Å²) >= 11 is 3.19. The minimum atomic E-state index is -3.79. The summed E-state index contributed by atoms with van der Waals surface area (Å²) in [7, 11) is -3.79. The third-order valence-corrected chi connectivity index (χ3v) is 3.95. The van der Waals surface area contributed by atoms with E-state index in [-0.39, 0.29) is 4.90 Å². The Labute approximate surface area is 116 Å². The highest BCUT2D eigenvalue weighted by molar-refractivity contribution is 9.10. The van der Waals surface area contributed by atoms with Crippen LogP contribution in [0, 0.1) is 12.3 Å². The number of nitrogens with one attached hydrogen (secondary N) is 1. The van der Waals surface area contributed by atoms with Gasteiger partial charge in [-0.1, -0.05) is 35.8 Å². The molecule has 0 aliphatic heterocycles. The van der Waals surface area contributed by atoms with Crippen LogP contribution in [0.4, 0.5) is 0 Å². The van der Waals surface area contributed by atoms with E-state index in [4.69, 9.17) is 0 Å². The van der Waals surface area contributed by atoms with Crippen LogP contribution in [0.5, 0.6) is 0 Å². The van der Waals surface area contributed by atoms with E-state index in [2.05, 4.69) is 15.9 Å². The third-order valence-electron chi connectivity index (χ3n) is 2.12. The highest BCUT2D eigenvalue weighted by Gasteiger charge is 2.17. The largest absolute Gasteiger partial charge is 0.274 e. The highest BCUT2D eigenvalue weighted by Crippen LogP contribution is 2.16. The molecule has 0 fully saturated rings. The number of carbonyl (C=O) groups is 1. The van der Waals surface area contributed by atoms with Gasteiger partial charge in [0.1, 0.15) is 0 Å². The Morgan fingerprint density at radius 2 is 2.11 bits per heavy atom. The van der Waals surface area contributed by atoms with E-state index in [0.717, 1.165) is 0 Å². The number of sulfonamides is 1. The van der Waals surface area contributed by atoms with Crippen molar-refractivity contribution < 1.29 is 13.2 Å². The van der Waals surface area contributed by atoms with Crippen molar-refractivity contribution in [2.24, 2.45) is 5.92 Å². The maximum Gasteiger partial charge on any atom is 0.264 e. The third kappa shape index (κ3) is 4.78. The Hall–Kier alpha value is -0.880. The summed E-state index contributed by atoms with van der Waals surface area (Å²) in [6.45, 7) is 3.90. The van der Waals surface area contributed by atoms with Crippen LogP contribution in [0.2, 0.25) is 0 Å². The lowest BCUT2D eigenvalue weighted by Gasteiger charge is -2.08. The molecule has 0 aromatic heterocycles. The van der Waals surface area contributed by atoms with Crippen LogP contribution in [0.15, 0.2) is 33.6 Å². The molecule has 0 aliphatic rings. The molecule has 0 unspecified atom stereocenters. The molecule has 0 heterocycles.